The fourth-order valence-electron chi connectivity index (χ4n) is 8.77. The van der Waals surface area contributed by atoms with Gasteiger partial charge in [0.2, 0.25) is 0 Å². The van der Waals surface area contributed by atoms with Crippen LogP contribution < -0.4 is 26.4 Å². The Kier molecular flexibility index (Phi) is 18.6. The van der Waals surface area contributed by atoms with Crippen LogP contribution in [0.2, 0.25) is 0 Å². The number of rotatable bonds is 16. The number of nitrogens with zero attached hydrogens (tertiary/aromatic N) is 1. The maximum atomic E-state index is 13.2. The van der Waals surface area contributed by atoms with E-state index in [1.807, 2.05) is 24.3 Å². The van der Waals surface area contributed by atoms with Crippen LogP contribution in [-0.4, -0.2) is 91.7 Å². The summed E-state index contributed by atoms with van der Waals surface area (Å²) >= 11 is 0. The number of benzene rings is 4. The predicted molar refractivity (Wildman–Crippen MR) is 253 cm³/mol. The van der Waals surface area contributed by atoms with Crippen molar-refractivity contribution in [2.45, 2.75) is 86.8 Å². The van der Waals surface area contributed by atoms with E-state index in [0.29, 0.717) is 37.1 Å². The lowest BCUT2D eigenvalue weighted by Crippen LogP contribution is -2.57. The molecule has 382 valence electrons. The van der Waals surface area contributed by atoms with Crippen LogP contribution in [0.5, 0.6) is 5.75 Å². The van der Waals surface area contributed by atoms with Crippen molar-refractivity contribution in [2.24, 2.45) is 5.73 Å². The van der Waals surface area contributed by atoms with E-state index in [0.717, 1.165) is 81.1 Å². The second-order valence-corrected chi connectivity index (χ2v) is 18.3. The van der Waals surface area contributed by atoms with Gasteiger partial charge in [0.1, 0.15) is 23.2 Å². The number of nitrogens with one attached hydrogen (secondary N) is 3. The first-order valence-corrected chi connectivity index (χ1v) is 23.3. The van der Waals surface area contributed by atoms with Crippen LogP contribution >= 0.6 is 0 Å². The summed E-state index contributed by atoms with van der Waals surface area (Å²) in [5, 5.41) is 7.45. The number of carbonyl (C=O) groups is 2. The number of anilines is 1. The van der Waals surface area contributed by atoms with Crippen molar-refractivity contribution in [1.82, 2.24) is 15.5 Å². The van der Waals surface area contributed by atoms with Crippen LogP contribution in [-0.2, 0) is 33.6 Å². The van der Waals surface area contributed by atoms with Crippen molar-refractivity contribution in [3.05, 3.63) is 167 Å². The number of hydrogen-bond acceptors (Lipinski definition) is 7. The Morgan fingerprint density at radius 2 is 1.18 bits per heavy atom. The molecule has 71 heavy (non-hydrogen) atoms. The van der Waals surface area contributed by atoms with E-state index in [-0.39, 0.29) is 30.6 Å². The monoisotopic (exact) mass is 999 g/mol. The molecule has 5 N–H and O–H groups in total. The quantitative estimate of drug-likeness (QED) is 0.0502. The number of ether oxygens (including phenoxy) is 2. The predicted octanol–water partition coefficient (Wildman–Crippen LogP) is 9.88. The molecule has 1 saturated heterocycles. The van der Waals surface area contributed by atoms with Crippen molar-refractivity contribution >= 4 is 17.5 Å². The standard InChI is InChI=1S/C27H31F4N3O3.C14H13F4NO.C12H14FN/c28-22-7-5-20(6-8-22)16-26(33-25(35)27(29,30)31)17-21(18-26)19-32-23-3-1-4-24(15-23)37-12-2-9-34-10-13-36-14-11-34;15-11-5-3-10(4-6-11)9-13(7-1-2-8-13)19-12(20)14(16,17)18;13-11-5-3-10(4-6-11)9-12(14)7-1-2-8-12/h1,3-8,15,17,32H,2,9-14,16,18-19H2,(H,33,35);1,3-7H,2,8-9H2,(H,19,20);1,3-7H,2,8-9,14H2. The van der Waals surface area contributed by atoms with Crippen molar-refractivity contribution in [1.29, 1.82) is 0 Å². The minimum atomic E-state index is -4.99. The first-order valence-electron chi connectivity index (χ1n) is 23.3. The molecule has 0 aromatic heterocycles. The highest BCUT2D eigenvalue weighted by atomic mass is 19.4. The molecule has 1 fully saturated rings. The highest BCUT2D eigenvalue weighted by molar-refractivity contribution is 5.83. The number of amides is 2. The van der Waals surface area contributed by atoms with Gasteiger partial charge in [0.25, 0.3) is 0 Å². The number of allylic oxidation sites excluding steroid dienone is 2. The molecule has 8 rings (SSSR count). The van der Waals surface area contributed by atoms with E-state index in [4.69, 9.17) is 15.2 Å². The molecule has 18 heteroatoms. The zero-order chi connectivity index (χ0) is 51.1. The molecule has 4 aliphatic rings. The molecule has 0 radical (unpaired) electrons. The Balaban J connectivity index is 0.000000201. The first-order chi connectivity index (χ1) is 33.7. The Labute approximate surface area is 407 Å². The largest absolute Gasteiger partial charge is 0.493 e. The number of alkyl halides is 6. The zero-order valence-corrected chi connectivity index (χ0v) is 39.0. The second-order valence-electron chi connectivity index (χ2n) is 18.3. The van der Waals surface area contributed by atoms with E-state index in [1.165, 1.54) is 60.7 Å². The summed E-state index contributed by atoms with van der Waals surface area (Å²) in [4.78, 5) is 25.2. The first kappa shape index (κ1) is 54.2. The van der Waals surface area contributed by atoms with Gasteiger partial charge in [-0.2, -0.15) is 26.3 Å². The van der Waals surface area contributed by atoms with E-state index < -0.39 is 46.9 Å². The molecule has 3 unspecified atom stereocenters. The van der Waals surface area contributed by atoms with Gasteiger partial charge < -0.3 is 31.2 Å². The minimum Gasteiger partial charge on any atom is -0.493 e. The Morgan fingerprint density at radius 3 is 1.69 bits per heavy atom. The number of nitrogens with two attached hydrogens (primary N) is 1. The van der Waals surface area contributed by atoms with Crippen molar-refractivity contribution in [2.75, 3.05) is 51.3 Å². The van der Waals surface area contributed by atoms with Crippen LogP contribution in [0.15, 0.2) is 133 Å². The van der Waals surface area contributed by atoms with Crippen molar-refractivity contribution in [3.63, 3.8) is 0 Å². The molecule has 0 spiro atoms. The molecule has 9 nitrogen and oxygen atoms in total. The number of halogens is 9. The highest BCUT2D eigenvalue weighted by Crippen LogP contribution is 2.36. The maximum Gasteiger partial charge on any atom is 0.471 e. The third kappa shape index (κ3) is 17.3. The summed E-state index contributed by atoms with van der Waals surface area (Å²) in [7, 11) is 0. The van der Waals surface area contributed by atoms with Crippen LogP contribution in [0.3, 0.4) is 0 Å². The average Bonchev–Trinajstić information content (AvgIpc) is 3.97. The zero-order valence-electron chi connectivity index (χ0n) is 39.0. The fraction of sp³-hybridized carbons (Fsp3) is 0.396. The van der Waals surface area contributed by atoms with Gasteiger partial charge in [-0.05, 0) is 123 Å². The normalized spacial score (nSPS) is 21.7. The lowest BCUT2D eigenvalue weighted by Gasteiger charge is -2.41. The molecule has 0 bridgehead atoms. The van der Waals surface area contributed by atoms with Gasteiger partial charge in [0.15, 0.2) is 0 Å². The van der Waals surface area contributed by atoms with Gasteiger partial charge in [-0.15, -0.1) is 0 Å². The summed E-state index contributed by atoms with van der Waals surface area (Å²) in [6.07, 6.45) is 4.57. The van der Waals surface area contributed by atoms with E-state index >= 15 is 0 Å². The van der Waals surface area contributed by atoms with Crippen LogP contribution in [0.1, 0.15) is 55.2 Å². The second kappa shape index (κ2) is 24.3. The molecule has 1 heterocycles. The Hall–Kier alpha value is -6.11. The van der Waals surface area contributed by atoms with Gasteiger partial charge in [0.05, 0.1) is 30.9 Å². The van der Waals surface area contributed by atoms with Gasteiger partial charge in [-0.25, -0.2) is 13.2 Å². The third-order valence-corrected chi connectivity index (χ3v) is 12.3. The van der Waals surface area contributed by atoms with E-state index in [1.54, 1.807) is 30.4 Å². The van der Waals surface area contributed by atoms with Crippen LogP contribution in [0, 0.1) is 17.5 Å². The Bertz CT molecular complexity index is 2460. The smallest absolute Gasteiger partial charge is 0.471 e. The van der Waals surface area contributed by atoms with Gasteiger partial charge in [-0.3, -0.25) is 14.5 Å². The summed E-state index contributed by atoms with van der Waals surface area (Å²) < 4.78 is 126. The number of morpholine rings is 1. The summed E-state index contributed by atoms with van der Waals surface area (Å²) in [6, 6.07) is 25.1. The molecule has 2 amide bonds. The molecule has 3 atom stereocenters. The van der Waals surface area contributed by atoms with Crippen molar-refractivity contribution < 1.29 is 58.6 Å². The highest BCUT2D eigenvalue weighted by Gasteiger charge is 2.47. The average molecular weight is 1000 g/mol. The Morgan fingerprint density at radius 1 is 0.676 bits per heavy atom. The summed E-state index contributed by atoms with van der Waals surface area (Å²) in [6.45, 7) is 5.39. The molecule has 4 aromatic rings. The molecule has 4 aromatic carbocycles. The van der Waals surface area contributed by atoms with Crippen molar-refractivity contribution in [3.8, 4) is 5.75 Å². The number of carbonyl (C=O) groups excluding carboxylic acids is 2. The van der Waals surface area contributed by atoms with Gasteiger partial charge >= 0.3 is 24.2 Å². The van der Waals surface area contributed by atoms with E-state index in [2.05, 4.69) is 33.0 Å². The summed E-state index contributed by atoms with van der Waals surface area (Å²) in [5.41, 5.74) is 7.79. The van der Waals surface area contributed by atoms with Gasteiger partial charge in [-0.1, -0.05) is 78.4 Å². The van der Waals surface area contributed by atoms with E-state index in [9.17, 15) is 49.1 Å². The SMILES string of the molecule is NC1(Cc2ccc(F)cc2)C=CCC1.O=C(NC1(Cc2ccc(F)cc2)C=C(CNc2cccc(OCCCN3CCOCC3)c2)C1)C(F)(F)F.O=C(NC1(Cc2ccc(F)cc2)C=CCC1)C(F)(F)F. The lowest BCUT2D eigenvalue weighted by molar-refractivity contribution is -0.175. The minimum absolute atomic E-state index is 0.131. The molecular formula is C53H58F9N5O4. The number of hydrogen-bond donors (Lipinski definition) is 4. The fourth-order valence-corrected chi connectivity index (χ4v) is 8.77. The third-order valence-electron chi connectivity index (χ3n) is 12.3. The van der Waals surface area contributed by atoms with Gasteiger partial charge in [0, 0.05) is 43.5 Å². The molecule has 1 aliphatic heterocycles. The molecular weight excluding hydrogens is 942 g/mol. The van der Waals surface area contributed by atoms with Crippen LogP contribution in [0.25, 0.3) is 0 Å². The molecule has 0 saturated carbocycles. The van der Waals surface area contributed by atoms with Crippen LogP contribution in [0.4, 0.5) is 45.2 Å². The lowest BCUT2D eigenvalue weighted by atomic mass is 9.74. The summed E-state index contributed by atoms with van der Waals surface area (Å²) in [5.74, 6) is -4.25. The topological polar surface area (TPSA) is 118 Å². The molecule has 3 aliphatic carbocycles. The maximum absolute atomic E-state index is 13.2.